The third-order valence-corrected chi connectivity index (χ3v) is 6.40. The first kappa shape index (κ1) is 20.2. The van der Waals surface area contributed by atoms with Gasteiger partial charge >= 0.3 is 5.97 Å². The highest BCUT2D eigenvalue weighted by molar-refractivity contribution is 9.10. The van der Waals surface area contributed by atoms with Crippen molar-refractivity contribution < 1.29 is 19.2 Å². The Morgan fingerprint density at radius 1 is 1.32 bits per heavy atom. The van der Waals surface area contributed by atoms with Gasteiger partial charge < -0.3 is 15.0 Å². The monoisotopic (exact) mass is 484 g/mol. The zero-order valence-electron chi connectivity index (χ0n) is 14.6. The summed E-state index contributed by atoms with van der Waals surface area (Å²) in [5.74, 6) is -1.17. The number of nitro groups is 1. The normalized spacial score (nSPS) is 10.7. The van der Waals surface area contributed by atoms with Gasteiger partial charge in [-0.15, -0.1) is 11.3 Å². The van der Waals surface area contributed by atoms with Crippen molar-refractivity contribution in [2.75, 3.05) is 30.9 Å². The maximum atomic E-state index is 12.2. The molecule has 9 nitrogen and oxygen atoms in total. The molecule has 0 aliphatic carbocycles. The lowest BCUT2D eigenvalue weighted by molar-refractivity contribution is -0.384. The fourth-order valence-corrected chi connectivity index (χ4v) is 4.62. The maximum absolute atomic E-state index is 12.2. The quantitative estimate of drug-likeness (QED) is 0.320. The molecule has 0 atom stereocenters. The first-order valence-electron chi connectivity index (χ1n) is 7.73. The molecule has 0 fully saturated rings. The molecular weight excluding hydrogens is 472 g/mol. The summed E-state index contributed by atoms with van der Waals surface area (Å²) in [7, 11) is 3.78. The molecular formula is C16H13BrN4O5S2. The van der Waals surface area contributed by atoms with Crippen molar-refractivity contribution in [3.05, 3.63) is 43.7 Å². The number of hydrogen-bond acceptors (Lipinski definition) is 9. The molecule has 12 heteroatoms. The number of carbonyl (C=O) groups is 2. The topological polar surface area (TPSA) is 115 Å². The van der Waals surface area contributed by atoms with Gasteiger partial charge in [0.15, 0.2) is 11.7 Å². The van der Waals surface area contributed by atoms with E-state index in [1.54, 1.807) is 6.07 Å². The van der Waals surface area contributed by atoms with Crippen LogP contribution >= 0.6 is 38.6 Å². The molecule has 2 aromatic heterocycles. The highest BCUT2D eigenvalue weighted by atomic mass is 79.9. The number of hydrogen-bond donors (Lipinski definition) is 1. The van der Waals surface area contributed by atoms with E-state index in [9.17, 15) is 19.7 Å². The zero-order valence-corrected chi connectivity index (χ0v) is 17.8. The molecule has 0 aliphatic rings. The van der Waals surface area contributed by atoms with Crippen LogP contribution in [0.4, 0.5) is 16.5 Å². The number of benzene rings is 1. The maximum Gasteiger partial charge on any atom is 0.348 e. The number of thiophene rings is 1. The van der Waals surface area contributed by atoms with Crippen LogP contribution in [0.5, 0.6) is 0 Å². The number of nitrogens with zero attached hydrogens (tertiary/aromatic N) is 3. The third-order valence-electron chi connectivity index (χ3n) is 3.43. The van der Waals surface area contributed by atoms with E-state index in [2.05, 4.69) is 26.2 Å². The van der Waals surface area contributed by atoms with Gasteiger partial charge in [0.25, 0.3) is 11.6 Å². The van der Waals surface area contributed by atoms with Gasteiger partial charge in [-0.3, -0.25) is 14.9 Å². The lowest BCUT2D eigenvalue weighted by atomic mass is 10.3. The number of anilines is 2. The molecule has 3 rings (SSSR count). The minimum Gasteiger partial charge on any atom is -0.451 e. The van der Waals surface area contributed by atoms with Gasteiger partial charge in [0.1, 0.15) is 9.71 Å². The third kappa shape index (κ3) is 4.46. The lowest BCUT2D eigenvalue weighted by Crippen LogP contribution is -2.20. The van der Waals surface area contributed by atoms with E-state index in [0.29, 0.717) is 15.0 Å². The van der Waals surface area contributed by atoms with Crippen molar-refractivity contribution >= 4 is 76.5 Å². The van der Waals surface area contributed by atoms with Crippen LogP contribution in [0.15, 0.2) is 28.7 Å². The number of non-ortho nitro benzene ring substituents is 1. The molecule has 0 spiro atoms. The summed E-state index contributed by atoms with van der Waals surface area (Å²) < 4.78 is 6.27. The largest absolute Gasteiger partial charge is 0.451 e. The number of carbonyl (C=O) groups excluding carboxylic acids is 2. The van der Waals surface area contributed by atoms with Crippen molar-refractivity contribution in [1.29, 1.82) is 0 Å². The van der Waals surface area contributed by atoms with Gasteiger partial charge in [0.05, 0.1) is 15.3 Å². The molecule has 3 aromatic rings. The van der Waals surface area contributed by atoms with E-state index >= 15 is 0 Å². The molecule has 0 unspecified atom stereocenters. The fraction of sp³-hybridized carbons (Fsp3) is 0.188. The highest BCUT2D eigenvalue weighted by Gasteiger charge is 2.17. The number of amides is 1. The van der Waals surface area contributed by atoms with Crippen LogP contribution in [-0.2, 0) is 9.53 Å². The number of nitrogens with one attached hydrogen (secondary N) is 1. The molecule has 0 saturated heterocycles. The Hall–Kier alpha value is -2.57. The molecule has 0 bridgehead atoms. The van der Waals surface area contributed by atoms with Crippen LogP contribution in [0.25, 0.3) is 9.53 Å². The number of thiazole rings is 1. The molecule has 2 heterocycles. The van der Waals surface area contributed by atoms with Crippen LogP contribution in [0.3, 0.4) is 0 Å². The van der Waals surface area contributed by atoms with Gasteiger partial charge in [0, 0.05) is 30.7 Å². The average molecular weight is 485 g/mol. The number of nitro benzene ring substituents is 1. The van der Waals surface area contributed by atoms with Gasteiger partial charge in [-0.05, 0) is 28.1 Å². The smallest absolute Gasteiger partial charge is 0.348 e. The van der Waals surface area contributed by atoms with Crippen molar-refractivity contribution in [3.63, 3.8) is 0 Å². The minimum absolute atomic E-state index is 0.111. The van der Waals surface area contributed by atoms with Gasteiger partial charge in [-0.25, -0.2) is 9.78 Å². The summed E-state index contributed by atoms with van der Waals surface area (Å²) >= 11 is 5.82. The number of esters is 1. The predicted molar refractivity (Wildman–Crippen MR) is 112 cm³/mol. The molecule has 0 saturated carbocycles. The van der Waals surface area contributed by atoms with Gasteiger partial charge in [-0.1, -0.05) is 11.3 Å². The molecule has 1 N–H and O–H groups in total. The second-order valence-corrected chi connectivity index (χ2v) is 8.61. The summed E-state index contributed by atoms with van der Waals surface area (Å²) in [4.78, 5) is 41.8. The number of fused-ring (bicyclic) bond motifs is 1. The van der Waals surface area contributed by atoms with Crippen molar-refractivity contribution in [3.8, 4) is 0 Å². The standard InChI is InChI=1S/C16H13BrN4O5S2/c1-20(2)16-19-14-11(28-16)6-12(27-14)15(23)26-7-13(22)18-10-4-3-8(21(24)25)5-9(10)17/h3-6H,7H2,1-2H3,(H,18,22). The Labute approximate surface area is 175 Å². The van der Waals surface area contributed by atoms with Crippen LogP contribution in [0.1, 0.15) is 9.67 Å². The molecule has 1 aromatic carbocycles. The Kier molecular flexibility index (Phi) is 5.91. The minimum atomic E-state index is -0.612. The van der Waals surface area contributed by atoms with E-state index in [-0.39, 0.29) is 5.69 Å². The predicted octanol–water partition coefficient (Wildman–Crippen LogP) is 3.89. The summed E-state index contributed by atoms with van der Waals surface area (Å²) in [6.07, 6.45) is 0. The highest BCUT2D eigenvalue weighted by Crippen LogP contribution is 2.34. The summed E-state index contributed by atoms with van der Waals surface area (Å²) in [5.41, 5.74) is 0.226. The Bertz CT molecular complexity index is 1050. The van der Waals surface area contributed by atoms with Crippen molar-refractivity contribution in [1.82, 2.24) is 4.98 Å². The van der Waals surface area contributed by atoms with E-state index in [1.807, 2.05) is 19.0 Å². The Morgan fingerprint density at radius 3 is 2.68 bits per heavy atom. The number of ether oxygens (including phenoxy) is 1. The van der Waals surface area contributed by atoms with Crippen molar-refractivity contribution in [2.24, 2.45) is 0 Å². The summed E-state index contributed by atoms with van der Waals surface area (Å²) in [6, 6.07) is 5.62. The molecule has 146 valence electrons. The lowest BCUT2D eigenvalue weighted by Gasteiger charge is -2.07. The van der Waals surface area contributed by atoms with Crippen LogP contribution in [0.2, 0.25) is 0 Å². The molecule has 28 heavy (non-hydrogen) atoms. The van der Waals surface area contributed by atoms with E-state index in [4.69, 9.17) is 4.74 Å². The second kappa shape index (κ2) is 8.20. The van der Waals surface area contributed by atoms with Crippen molar-refractivity contribution in [2.45, 2.75) is 0 Å². The number of rotatable bonds is 6. The van der Waals surface area contributed by atoms with Crippen LogP contribution in [-0.4, -0.2) is 42.5 Å². The molecule has 1 amide bonds. The first-order valence-corrected chi connectivity index (χ1v) is 10.2. The fourth-order valence-electron chi connectivity index (χ4n) is 2.12. The van der Waals surface area contributed by atoms with Gasteiger partial charge in [-0.2, -0.15) is 0 Å². The van der Waals surface area contributed by atoms with E-state index in [0.717, 1.165) is 14.7 Å². The number of aromatic nitrogens is 1. The number of halogens is 1. The first-order chi connectivity index (χ1) is 13.2. The Morgan fingerprint density at radius 2 is 2.07 bits per heavy atom. The molecule has 0 aliphatic heterocycles. The average Bonchev–Trinajstić information content (AvgIpc) is 3.20. The van der Waals surface area contributed by atoms with Crippen LogP contribution < -0.4 is 10.2 Å². The summed E-state index contributed by atoms with van der Waals surface area (Å²) in [5, 5.41) is 14.1. The van der Waals surface area contributed by atoms with Crippen LogP contribution in [0, 0.1) is 10.1 Å². The second-order valence-electron chi connectivity index (χ2n) is 5.72. The summed E-state index contributed by atoms with van der Waals surface area (Å²) in [6.45, 7) is -0.482. The van der Waals surface area contributed by atoms with E-state index < -0.39 is 23.4 Å². The molecule has 0 radical (unpaired) electrons. The van der Waals surface area contributed by atoms with Gasteiger partial charge in [0.2, 0.25) is 0 Å². The van der Waals surface area contributed by atoms with E-state index in [1.165, 1.54) is 40.9 Å². The SMILES string of the molecule is CN(C)c1nc2sc(C(=O)OCC(=O)Nc3ccc([N+](=O)[O-])cc3Br)cc2s1. The Balaban J connectivity index is 1.59. The zero-order chi connectivity index (χ0) is 20.4.